The van der Waals surface area contributed by atoms with Crippen LogP contribution in [0.4, 0.5) is 4.32 Å². The highest BCUT2D eigenvalue weighted by Crippen LogP contribution is 1.82. The number of benzene rings is 2. The van der Waals surface area contributed by atoms with Gasteiger partial charge in [-0.1, -0.05) is 36.4 Å². The van der Waals surface area contributed by atoms with E-state index in [1.54, 1.807) is 0 Å². The fourth-order valence-corrected chi connectivity index (χ4v) is 1.99. The van der Waals surface area contributed by atoms with Crippen LogP contribution < -0.4 is 21.2 Å². The lowest BCUT2D eigenvalue weighted by Crippen LogP contribution is -2.19. The maximum absolute atomic E-state index is 10.7. The van der Waals surface area contributed by atoms with E-state index in [0.29, 0.717) is 8.12 Å². The summed E-state index contributed by atoms with van der Waals surface area (Å²) in [6, 6.07) is 14.9. The Kier molecular flexibility index (Phi) is 5.09. The molecule has 2 aliphatic rings. The summed E-state index contributed by atoms with van der Waals surface area (Å²) in [5.74, 6) is -0.303. The average molecular weight is 294 g/mol. The third-order valence-electron chi connectivity index (χ3n) is 2.89. The van der Waals surface area contributed by atoms with Crippen molar-refractivity contribution >= 4 is 32.1 Å². The van der Waals surface area contributed by atoms with Gasteiger partial charge in [-0.25, -0.2) is 9.98 Å². The van der Waals surface area contributed by atoms with Gasteiger partial charge in [-0.2, -0.15) is 0 Å². The number of nitrogens with zero attached hydrogens (tertiary/aromatic N) is 2. The topological polar surface area (TPSA) is 58.9 Å². The Bertz CT molecular complexity index is 801. The molecule has 0 fully saturated rings. The van der Waals surface area contributed by atoms with E-state index in [1.165, 1.54) is 12.2 Å². The zero-order valence-electron chi connectivity index (χ0n) is 11.9. The number of amides is 2. The molecular formula is C16H12BFN2O2. The van der Waals surface area contributed by atoms with Gasteiger partial charge in [-0.15, -0.1) is 0 Å². The summed E-state index contributed by atoms with van der Waals surface area (Å²) < 4.78 is 9.50. The Balaban J connectivity index is 0.000000144. The van der Waals surface area contributed by atoms with Crippen LogP contribution in [0, 0.1) is 0 Å². The number of carbonyl (C=O) groups is 2. The van der Waals surface area contributed by atoms with Crippen molar-refractivity contribution in [3.8, 4) is 0 Å². The maximum atomic E-state index is 10.7. The lowest BCUT2D eigenvalue weighted by Gasteiger charge is -1.77. The number of hydrogen-bond acceptors (Lipinski definition) is 2. The van der Waals surface area contributed by atoms with Crippen LogP contribution in [0.15, 0.2) is 58.5 Å². The largest absolute Gasteiger partial charge is 0.347 e. The predicted octanol–water partition coefficient (Wildman–Crippen LogP) is -1.24. The highest BCUT2D eigenvalue weighted by atomic mass is 19.1. The molecule has 0 bridgehead atoms. The molecule has 0 saturated carbocycles. The first-order valence-corrected chi connectivity index (χ1v) is 6.49. The van der Waals surface area contributed by atoms with Gasteiger partial charge in [-0.3, -0.25) is 9.59 Å². The first-order valence-electron chi connectivity index (χ1n) is 6.49. The number of rotatable bonds is 0. The second-order valence-electron chi connectivity index (χ2n) is 4.31. The predicted molar refractivity (Wildman–Crippen MR) is 83.0 cm³/mol. The van der Waals surface area contributed by atoms with E-state index in [1.807, 2.05) is 48.5 Å². The van der Waals surface area contributed by atoms with Crippen molar-refractivity contribution in [3.05, 3.63) is 69.7 Å². The van der Waals surface area contributed by atoms with Gasteiger partial charge in [0.1, 0.15) is 0 Å². The molecule has 0 spiro atoms. The third kappa shape index (κ3) is 3.60. The van der Waals surface area contributed by atoms with Crippen LogP contribution in [0.1, 0.15) is 0 Å². The van der Waals surface area contributed by atoms with Gasteiger partial charge in [0.05, 0.1) is 10.7 Å². The van der Waals surface area contributed by atoms with Gasteiger partial charge in [0.25, 0.3) is 11.8 Å². The van der Waals surface area contributed by atoms with Crippen LogP contribution in [0.5, 0.6) is 0 Å². The molecule has 0 radical (unpaired) electrons. The highest BCUT2D eigenvalue weighted by molar-refractivity contribution is 6.06. The molecule has 0 unspecified atom stereocenters. The molecule has 2 aliphatic heterocycles. The van der Waals surface area contributed by atoms with E-state index < -0.39 is 0 Å². The van der Waals surface area contributed by atoms with Crippen LogP contribution >= 0.6 is 0 Å². The summed E-state index contributed by atoms with van der Waals surface area (Å²) in [5, 5.41) is 3.42. The Morgan fingerprint density at radius 1 is 0.682 bits per heavy atom. The molecule has 2 aromatic rings. The Morgan fingerprint density at radius 2 is 1.05 bits per heavy atom. The zero-order chi connectivity index (χ0) is 15.9. The molecule has 0 aromatic heterocycles. The second kappa shape index (κ2) is 7.22. The minimum atomic E-state index is -0.152. The van der Waals surface area contributed by atoms with E-state index >= 15 is 0 Å². The van der Waals surface area contributed by atoms with Crippen molar-refractivity contribution in [1.82, 2.24) is 0 Å². The number of halogens is 1. The maximum Gasteiger partial charge on any atom is 0.314 e. The standard InChI is InChI=1S/2C8H5NO.BFH2/c2*10-8-5-6-3-1-2-4-7(6)9-8;1-2/h2*1-5H;1H2. The van der Waals surface area contributed by atoms with E-state index in [-0.39, 0.29) is 11.8 Å². The van der Waals surface area contributed by atoms with E-state index in [0.717, 1.165) is 21.2 Å². The number of para-hydroxylation sites is 2. The molecule has 4 nitrogen and oxygen atoms in total. The van der Waals surface area contributed by atoms with Crippen molar-refractivity contribution in [2.75, 3.05) is 0 Å². The average Bonchev–Trinajstić information content (AvgIpc) is 3.10. The van der Waals surface area contributed by atoms with E-state index in [2.05, 4.69) is 9.98 Å². The SMILES string of the molecule is BF.O=C1C=c2ccccc2=N1.O=C1C=c2ccccc2=N1. The third-order valence-corrected chi connectivity index (χ3v) is 2.89. The summed E-state index contributed by atoms with van der Waals surface area (Å²) in [5.41, 5.74) is 0. The van der Waals surface area contributed by atoms with Gasteiger partial charge in [-0.05, 0) is 12.1 Å². The number of carbonyl (C=O) groups excluding carboxylic acids is 2. The molecule has 6 heteroatoms. The van der Waals surface area contributed by atoms with Crippen molar-refractivity contribution in [2.45, 2.75) is 0 Å². The molecule has 2 aromatic carbocycles. The van der Waals surface area contributed by atoms with Crippen molar-refractivity contribution in [2.24, 2.45) is 9.98 Å². The van der Waals surface area contributed by atoms with Crippen molar-refractivity contribution < 1.29 is 13.9 Å². The molecule has 22 heavy (non-hydrogen) atoms. The van der Waals surface area contributed by atoms with E-state index in [9.17, 15) is 13.9 Å². The summed E-state index contributed by atoms with van der Waals surface area (Å²) in [4.78, 5) is 28.9. The van der Waals surface area contributed by atoms with Crippen LogP contribution in [0.25, 0.3) is 12.2 Å². The van der Waals surface area contributed by atoms with Crippen molar-refractivity contribution in [3.63, 3.8) is 0 Å². The summed E-state index contributed by atoms with van der Waals surface area (Å²) in [6.45, 7) is 0. The second-order valence-corrected chi connectivity index (χ2v) is 4.31. The van der Waals surface area contributed by atoms with Gasteiger partial charge in [0, 0.05) is 22.6 Å². The molecule has 2 heterocycles. The Labute approximate surface area is 126 Å². The fraction of sp³-hybridized carbons (Fsp3) is 0. The minimum Gasteiger partial charge on any atom is -0.347 e. The summed E-state index contributed by atoms with van der Waals surface area (Å²) >= 11 is 0. The molecule has 108 valence electrons. The number of hydrogen-bond donors (Lipinski definition) is 0. The first-order chi connectivity index (χ1) is 10.7. The smallest absolute Gasteiger partial charge is 0.314 e. The molecule has 0 atom stereocenters. The minimum absolute atomic E-state index is 0.152. The number of fused-ring (bicyclic) bond motifs is 2. The molecule has 0 N–H and O–H groups in total. The van der Waals surface area contributed by atoms with Gasteiger partial charge in [0.15, 0.2) is 0 Å². The lowest BCUT2D eigenvalue weighted by molar-refractivity contribution is -0.113. The van der Waals surface area contributed by atoms with Gasteiger partial charge in [0.2, 0.25) is 0 Å². The zero-order valence-corrected chi connectivity index (χ0v) is 11.9. The van der Waals surface area contributed by atoms with Gasteiger partial charge >= 0.3 is 8.12 Å². The van der Waals surface area contributed by atoms with Crippen molar-refractivity contribution in [1.29, 1.82) is 0 Å². The lowest BCUT2D eigenvalue weighted by atomic mass is 10.3. The summed E-state index contributed by atoms with van der Waals surface area (Å²) in [7, 11) is 0.500. The summed E-state index contributed by atoms with van der Waals surface area (Å²) in [6.07, 6.45) is 3.07. The van der Waals surface area contributed by atoms with Crippen LogP contribution in [0.3, 0.4) is 0 Å². The quantitative estimate of drug-likeness (QED) is 0.571. The molecule has 4 rings (SSSR count). The Morgan fingerprint density at radius 3 is 1.41 bits per heavy atom. The first kappa shape index (κ1) is 15.5. The Hall–Kier alpha value is -2.89. The highest BCUT2D eigenvalue weighted by Gasteiger charge is 2.00. The van der Waals surface area contributed by atoms with E-state index in [4.69, 9.17) is 0 Å². The van der Waals surface area contributed by atoms with Crippen LogP contribution in [-0.2, 0) is 9.59 Å². The molecule has 2 amide bonds. The monoisotopic (exact) mass is 294 g/mol. The molecule has 0 saturated heterocycles. The molecule has 0 aliphatic carbocycles. The van der Waals surface area contributed by atoms with Gasteiger partial charge < -0.3 is 4.32 Å². The normalized spacial score (nSPS) is 12.8. The fourth-order valence-electron chi connectivity index (χ4n) is 1.99. The van der Waals surface area contributed by atoms with Crippen LogP contribution in [-0.4, -0.2) is 19.9 Å². The van der Waals surface area contributed by atoms with Crippen LogP contribution in [0.2, 0.25) is 0 Å². The molecular weight excluding hydrogens is 282 g/mol.